The number of nitrogens with zero attached hydrogens (tertiary/aromatic N) is 1. The summed E-state index contributed by atoms with van der Waals surface area (Å²) in [4.78, 5) is 21.5. The lowest BCUT2D eigenvalue weighted by Crippen LogP contribution is -2.29. The van der Waals surface area contributed by atoms with Crippen molar-refractivity contribution < 1.29 is 14.1 Å². The minimum Gasteiger partial charge on any atom is -0.352 e. The lowest BCUT2D eigenvalue weighted by atomic mass is 10.1. The molecule has 0 aromatic heterocycles. The number of nitrogens with one attached hydrogen (secondary N) is 1. The van der Waals surface area contributed by atoms with Gasteiger partial charge in [-0.2, -0.15) is 16.2 Å². The number of carbonyl (C=O) groups is 1. The molecule has 1 aromatic carbocycles. The summed E-state index contributed by atoms with van der Waals surface area (Å²) < 4.78 is 13.1. The molecule has 19 heavy (non-hydrogen) atoms. The van der Waals surface area contributed by atoms with Crippen molar-refractivity contribution in [3.63, 3.8) is 0 Å². The van der Waals surface area contributed by atoms with E-state index in [0.29, 0.717) is 12.5 Å². The van der Waals surface area contributed by atoms with Crippen molar-refractivity contribution in [1.29, 1.82) is 0 Å². The van der Waals surface area contributed by atoms with Crippen LogP contribution in [0.2, 0.25) is 0 Å². The van der Waals surface area contributed by atoms with Crippen molar-refractivity contribution >= 4 is 23.4 Å². The smallest absolute Gasteiger partial charge is 0.305 e. The van der Waals surface area contributed by atoms with Crippen LogP contribution in [0.25, 0.3) is 0 Å². The van der Waals surface area contributed by atoms with Crippen molar-refractivity contribution in [3.05, 3.63) is 39.7 Å². The molecule has 0 saturated heterocycles. The lowest BCUT2D eigenvalue weighted by molar-refractivity contribution is -0.387. The van der Waals surface area contributed by atoms with E-state index in [4.69, 9.17) is 0 Å². The summed E-state index contributed by atoms with van der Waals surface area (Å²) in [5, 5.41) is 13.3. The number of hydrogen-bond donors (Lipinski definition) is 1. The Hall–Kier alpha value is -1.63. The summed E-state index contributed by atoms with van der Waals surface area (Å²) in [6.07, 6.45) is 1.97. The number of hydrogen-bond acceptors (Lipinski definition) is 4. The number of nitro groups is 1. The molecular formula is C12H15FN2O3S. The van der Waals surface area contributed by atoms with E-state index < -0.39 is 22.3 Å². The second kappa shape index (κ2) is 7.08. The number of carbonyl (C=O) groups excluding carboxylic acids is 1. The van der Waals surface area contributed by atoms with E-state index >= 15 is 0 Å². The zero-order valence-corrected chi connectivity index (χ0v) is 11.5. The first kappa shape index (κ1) is 15.4. The van der Waals surface area contributed by atoms with Gasteiger partial charge in [0.1, 0.15) is 0 Å². The molecule has 0 spiro atoms. The molecule has 104 valence electrons. The van der Waals surface area contributed by atoms with Crippen molar-refractivity contribution in [2.45, 2.75) is 6.92 Å². The summed E-state index contributed by atoms with van der Waals surface area (Å²) in [5.74, 6) is -0.174. The maximum Gasteiger partial charge on any atom is 0.305 e. The molecule has 1 N–H and O–H groups in total. The Bertz CT molecular complexity index is 482. The minimum atomic E-state index is -0.947. The summed E-state index contributed by atoms with van der Waals surface area (Å²) in [6, 6.07) is 3.11. The first-order valence-corrected chi connectivity index (χ1v) is 7.06. The van der Waals surface area contributed by atoms with Gasteiger partial charge in [-0.05, 0) is 30.1 Å². The van der Waals surface area contributed by atoms with E-state index in [9.17, 15) is 19.3 Å². The fourth-order valence-corrected chi connectivity index (χ4v) is 2.19. The summed E-state index contributed by atoms with van der Waals surface area (Å²) in [6.45, 7) is 2.47. The summed E-state index contributed by atoms with van der Waals surface area (Å²) in [7, 11) is 0. The zero-order chi connectivity index (χ0) is 14.4. The predicted octanol–water partition coefficient (Wildman–Crippen LogP) is 2.46. The number of halogens is 1. The molecule has 0 aliphatic rings. The Labute approximate surface area is 114 Å². The Morgan fingerprint density at radius 1 is 1.58 bits per heavy atom. The molecular weight excluding hydrogens is 271 g/mol. The highest BCUT2D eigenvalue weighted by Gasteiger charge is 2.17. The molecule has 1 aromatic rings. The number of amides is 1. The van der Waals surface area contributed by atoms with E-state index in [1.165, 1.54) is 6.07 Å². The molecule has 0 heterocycles. The van der Waals surface area contributed by atoms with E-state index in [0.717, 1.165) is 17.9 Å². The third-order valence-electron chi connectivity index (χ3n) is 2.47. The molecule has 0 aliphatic carbocycles. The van der Waals surface area contributed by atoms with Gasteiger partial charge in [0.15, 0.2) is 0 Å². The molecule has 1 rings (SSSR count). The molecule has 1 amide bonds. The molecule has 1 unspecified atom stereocenters. The van der Waals surface area contributed by atoms with Crippen molar-refractivity contribution in [2.75, 3.05) is 18.6 Å². The molecule has 0 radical (unpaired) electrons. The number of rotatable bonds is 6. The van der Waals surface area contributed by atoms with Gasteiger partial charge in [0, 0.05) is 18.2 Å². The van der Waals surface area contributed by atoms with Gasteiger partial charge in [0.2, 0.25) is 5.82 Å². The monoisotopic (exact) mass is 286 g/mol. The van der Waals surface area contributed by atoms with Crippen LogP contribution in [-0.4, -0.2) is 29.4 Å². The average Bonchev–Trinajstić information content (AvgIpc) is 2.36. The Balaban J connectivity index is 2.72. The van der Waals surface area contributed by atoms with Gasteiger partial charge in [-0.1, -0.05) is 6.92 Å². The lowest BCUT2D eigenvalue weighted by Gasteiger charge is -2.11. The predicted molar refractivity (Wildman–Crippen MR) is 72.9 cm³/mol. The topological polar surface area (TPSA) is 72.2 Å². The number of nitro benzene ring substituents is 1. The highest BCUT2D eigenvalue weighted by molar-refractivity contribution is 7.98. The fraction of sp³-hybridized carbons (Fsp3) is 0.417. The van der Waals surface area contributed by atoms with Crippen molar-refractivity contribution in [3.8, 4) is 0 Å². The SMILES string of the molecule is CSCC(C)CNC(=O)c1ccc(F)c([N+](=O)[O-])c1. The van der Waals surface area contributed by atoms with Crippen LogP contribution in [0.4, 0.5) is 10.1 Å². The van der Waals surface area contributed by atoms with Crippen molar-refractivity contribution in [2.24, 2.45) is 5.92 Å². The zero-order valence-electron chi connectivity index (χ0n) is 10.7. The van der Waals surface area contributed by atoms with Gasteiger partial charge >= 0.3 is 5.69 Å². The van der Waals surface area contributed by atoms with Gasteiger partial charge in [-0.3, -0.25) is 14.9 Å². The standard InChI is InChI=1S/C12H15FN2O3S/c1-8(7-19-2)6-14-12(16)9-3-4-10(13)11(5-9)15(17)18/h3-5,8H,6-7H2,1-2H3,(H,14,16). The van der Waals surface area contributed by atoms with Gasteiger partial charge < -0.3 is 5.32 Å². The second-order valence-electron chi connectivity index (χ2n) is 4.19. The first-order valence-electron chi connectivity index (χ1n) is 5.66. The van der Waals surface area contributed by atoms with Gasteiger partial charge in [0.05, 0.1) is 4.92 Å². The molecule has 1 atom stereocenters. The van der Waals surface area contributed by atoms with Crippen LogP contribution in [0.15, 0.2) is 18.2 Å². The Morgan fingerprint density at radius 3 is 2.84 bits per heavy atom. The van der Waals surface area contributed by atoms with Gasteiger partial charge in [-0.25, -0.2) is 0 Å². The third-order valence-corrected chi connectivity index (χ3v) is 3.37. The molecule has 0 saturated carbocycles. The van der Waals surface area contributed by atoms with Crippen LogP contribution < -0.4 is 5.32 Å². The second-order valence-corrected chi connectivity index (χ2v) is 5.10. The van der Waals surface area contributed by atoms with Crippen LogP contribution >= 0.6 is 11.8 Å². The van der Waals surface area contributed by atoms with Gasteiger partial charge in [0.25, 0.3) is 5.91 Å². The van der Waals surface area contributed by atoms with Crippen molar-refractivity contribution in [1.82, 2.24) is 5.32 Å². The van der Waals surface area contributed by atoms with Crippen LogP contribution in [0, 0.1) is 21.8 Å². The minimum absolute atomic E-state index is 0.0875. The summed E-state index contributed by atoms with van der Waals surface area (Å²) >= 11 is 1.68. The Morgan fingerprint density at radius 2 is 2.26 bits per heavy atom. The van der Waals surface area contributed by atoms with E-state index in [-0.39, 0.29) is 5.56 Å². The van der Waals surface area contributed by atoms with E-state index in [1.807, 2.05) is 13.2 Å². The third kappa shape index (κ3) is 4.51. The fourth-order valence-electron chi connectivity index (χ4n) is 1.51. The normalized spacial score (nSPS) is 11.9. The number of thioether (sulfide) groups is 1. The maximum atomic E-state index is 13.1. The van der Waals surface area contributed by atoms with Gasteiger partial charge in [-0.15, -0.1) is 0 Å². The first-order chi connectivity index (χ1) is 8.95. The largest absolute Gasteiger partial charge is 0.352 e. The quantitative estimate of drug-likeness (QED) is 0.644. The van der Waals surface area contributed by atoms with E-state index in [1.54, 1.807) is 11.8 Å². The Kier molecular flexibility index (Phi) is 5.75. The number of benzene rings is 1. The molecule has 5 nitrogen and oxygen atoms in total. The van der Waals surface area contributed by atoms with E-state index in [2.05, 4.69) is 5.32 Å². The average molecular weight is 286 g/mol. The van der Waals surface area contributed by atoms with Crippen LogP contribution in [0.5, 0.6) is 0 Å². The molecule has 7 heteroatoms. The van der Waals surface area contributed by atoms with Crippen LogP contribution in [-0.2, 0) is 0 Å². The molecule has 0 bridgehead atoms. The summed E-state index contributed by atoms with van der Waals surface area (Å²) in [5.41, 5.74) is -0.603. The highest BCUT2D eigenvalue weighted by Crippen LogP contribution is 2.18. The maximum absolute atomic E-state index is 13.1. The molecule has 0 aliphatic heterocycles. The molecule has 0 fully saturated rings. The van der Waals surface area contributed by atoms with Crippen LogP contribution in [0.3, 0.4) is 0 Å². The highest BCUT2D eigenvalue weighted by atomic mass is 32.2. The van der Waals surface area contributed by atoms with Crippen LogP contribution in [0.1, 0.15) is 17.3 Å².